The Balaban J connectivity index is 2.79. The van der Waals surface area contributed by atoms with Gasteiger partial charge in [-0.05, 0) is 37.1 Å². The van der Waals surface area contributed by atoms with Crippen molar-refractivity contribution in [3.05, 3.63) is 23.8 Å². The number of ether oxygens (including phenoxy) is 1. The Hall–Kier alpha value is -1.62. The zero-order chi connectivity index (χ0) is 12.8. The first-order valence-electron chi connectivity index (χ1n) is 5.37. The zero-order valence-corrected chi connectivity index (χ0v) is 11.0. The first-order chi connectivity index (χ1) is 8.06. The number of nitrogens with one attached hydrogen (secondary N) is 2. The smallest absolute Gasteiger partial charge is 0.410 e. The van der Waals surface area contributed by atoms with Crippen LogP contribution in [0.25, 0.3) is 0 Å². The topological polar surface area (TPSA) is 50.4 Å². The molecule has 1 amide bonds. The molecule has 0 radical (unpaired) electrons. The molecule has 0 aliphatic carbocycles. The molecule has 17 heavy (non-hydrogen) atoms. The number of amides is 1. The second kappa shape index (κ2) is 6.20. The SMILES string of the molecule is CCC(=S)Nc1ccc(OC(=O)NC)cc1C. The second-order valence-corrected chi connectivity index (χ2v) is 4.01. The Morgan fingerprint density at radius 2 is 2.18 bits per heavy atom. The fourth-order valence-corrected chi connectivity index (χ4v) is 1.35. The summed E-state index contributed by atoms with van der Waals surface area (Å²) in [4.78, 5) is 11.8. The average Bonchev–Trinajstić information content (AvgIpc) is 2.32. The summed E-state index contributed by atoms with van der Waals surface area (Å²) in [5.74, 6) is 0.509. The van der Waals surface area contributed by atoms with E-state index in [2.05, 4.69) is 10.6 Å². The molecule has 0 fully saturated rings. The fraction of sp³-hybridized carbons (Fsp3) is 0.333. The summed E-state index contributed by atoms with van der Waals surface area (Å²) in [6, 6.07) is 5.36. The molecular formula is C12H16N2O2S. The van der Waals surface area contributed by atoms with Crippen LogP contribution in [0.4, 0.5) is 10.5 Å². The third-order valence-corrected chi connectivity index (χ3v) is 2.60. The first kappa shape index (κ1) is 13.4. The van der Waals surface area contributed by atoms with Crippen molar-refractivity contribution in [1.82, 2.24) is 5.32 Å². The number of hydrogen-bond donors (Lipinski definition) is 2. The molecule has 0 aliphatic rings. The Kier molecular flexibility index (Phi) is 4.90. The van der Waals surface area contributed by atoms with E-state index in [-0.39, 0.29) is 0 Å². The molecule has 0 spiro atoms. The minimum absolute atomic E-state index is 0.478. The van der Waals surface area contributed by atoms with E-state index in [1.807, 2.05) is 19.9 Å². The van der Waals surface area contributed by atoms with Gasteiger partial charge in [-0.25, -0.2) is 4.79 Å². The lowest BCUT2D eigenvalue weighted by Crippen LogP contribution is -2.22. The minimum atomic E-state index is -0.478. The van der Waals surface area contributed by atoms with Crippen LogP contribution in [0.3, 0.4) is 0 Å². The van der Waals surface area contributed by atoms with Crippen molar-refractivity contribution in [2.24, 2.45) is 0 Å². The Morgan fingerprint density at radius 3 is 2.71 bits per heavy atom. The molecule has 1 aromatic carbocycles. The van der Waals surface area contributed by atoms with Crippen molar-refractivity contribution < 1.29 is 9.53 Å². The van der Waals surface area contributed by atoms with Gasteiger partial charge in [0.05, 0.1) is 4.99 Å². The highest BCUT2D eigenvalue weighted by Gasteiger charge is 2.05. The minimum Gasteiger partial charge on any atom is -0.410 e. The maximum Gasteiger partial charge on any atom is 0.412 e. The van der Waals surface area contributed by atoms with Crippen LogP contribution in [-0.2, 0) is 0 Å². The summed E-state index contributed by atoms with van der Waals surface area (Å²) in [7, 11) is 1.52. The molecule has 0 saturated carbocycles. The van der Waals surface area contributed by atoms with Gasteiger partial charge >= 0.3 is 6.09 Å². The molecule has 4 nitrogen and oxygen atoms in total. The van der Waals surface area contributed by atoms with Gasteiger partial charge in [-0.1, -0.05) is 19.1 Å². The van der Waals surface area contributed by atoms with Gasteiger partial charge in [0.25, 0.3) is 0 Å². The highest BCUT2D eigenvalue weighted by molar-refractivity contribution is 7.80. The molecule has 1 aromatic rings. The molecule has 0 aliphatic heterocycles. The van der Waals surface area contributed by atoms with Gasteiger partial charge in [-0.2, -0.15) is 0 Å². The molecule has 5 heteroatoms. The molecule has 92 valence electrons. The van der Waals surface area contributed by atoms with Gasteiger partial charge in [-0.15, -0.1) is 0 Å². The third kappa shape index (κ3) is 4.03. The Bertz CT molecular complexity index is 433. The number of hydrogen-bond acceptors (Lipinski definition) is 3. The quantitative estimate of drug-likeness (QED) is 0.812. The predicted molar refractivity (Wildman–Crippen MR) is 72.8 cm³/mol. The number of thiocarbonyl (C=S) groups is 1. The molecule has 0 aromatic heterocycles. The van der Waals surface area contributed by atoms with Gasteiger partial charge in [0.1, 0.15) is 5.75 Å². The number of benzene rings is 1. The lowest BCUT2D eigenvalue weighted by Gasteiger charge is -2.11. The highest BCUT2D eigenvalue weighted by atomic mass is 32.1. The zero-order valence-electron chi connectivity index (χ0n) is 10.2. The largest absolute Gasteiger partial charge is 0.412 e. The second-order valence-electron chi connectivity index (χ2n) is 3.52. The standard InChI is InChI=1S/C12H16N2O2S/c1-4-11(17)14-10-6-5-9(7-8(10)2)16-12(15)13-3/h5-7H,4H2,1-3H3,(H,13,15)(H,14,17). The molecule has 0 bridgehead atoms. The highest BCUT2D eigenvalue weighted by Crippen LogP contribution is 2.21. The predicted octanol–water partition coefficient (Wildman–Crippen LogP) is 2.86. The molecule has 0 unspecified atom stereocenters. The monoisotopic (exact) mass is 252 g/mol. The van der Waals surface area contributed by atoms with Gasteiger partial charge < -0.3 is 15.4 Å². The maximum atomic E-state index is 11.0. The van der Waals surface area contributed by atoms with Crippen molar-refractivity contribution in [3.63, 3.8) is 0 Å². The van der Waals surface area contributed by atoms with Crippen molar-refractivity contribution in [2.45, 2.75) is 20.3 Å². The number of carbonyl (C=O) groups excluding carboxylic acids is 1. The summed E-state index contributed by atoms with van der Waals surface area (Å²) in [5.41, 5.74) is 1.91. The van der Waals surface area contributed by atoms with Crippen LogP contribution in [0.2, 0.25) is 0 Å². The summed E-state index contributed by atoms with van der Waals surface area (Å²) in [6.07, 6.45) is 0.319. The summed E-state index contributed by atoms with van der Waals surface area (Å²) in [6.45, 7) is 3.92. The number of carbonyl (C=O) groups is 1. The maximum absolute atomic E-state index is 11.0. The number of aryl methyl sites for hydroxylation is 1. The van der Waals surface area contributed by atoms with Crippen LogP contribution in [0.15, 0.2) is 18.2 Å². The van der Waals surface area contributed by atoms with Gasteiger partial charge in [0, 0.05) is 12.7 Å². The normalized spacial score (nSPS) is 9.59. The summed E-state index contributed by atoms with van der Waals surface area (Å²) in [5, 5.41) is 5.52. The lowest BCUT2D eigenvalue weighted by molar-refractivity contribution is 0.203. The number of anilines is 1. The van der Waals surface area contributed by atoms with Crippen molar-refractivity contribution in [1.29, 1.82) is 0 Å². The van der Waals surface area contributed by atoms with Crippen LogP contribution >= 0.6 is 12.2 Å². The molecule has 0 saturated heterocycles. The summed E-state index contributed by atoms with van der Waals surface area (Å²) < 4.78 is 5.02. The van der Waals surface area contributed by atoms with E-state index in [1.165, 1.54) is 7.05 Å². The van der Waals surface area contributed by atoms with E-state index >= 15 is 0 Å². The van der Waals surface area contributed by atoms with Crippen molar-refractivity contribution >= 4 is 29.0 Å². The molecule has 2 N–H and O–H groups in total. The Labute approximate surface area is 106 Å². The molecule has 1 rings (SSSR count). The van der Waals surface area contributed by atoms with Crippen LogP contribution in [0, 0.1) is 6.92 Å². The lowest BCUT2D eigenvalue weighted by atomic mass is 10.2. The van der Waals surface area contributed by atoms with E-state index in [4.69, 9.17) is 17.0 Å². The van der Waals surface area contributed by atoms with Crippen LogP contribution < -0.4 is 15.4 Å². The first-order valence-corrected chi connectivity index (χ1v) is 5.77. The van der Waals surface area contributed by atoms with Crippen LogP contribution in [-0.4, -0.2) is 18.1 Å². The van der Waals surface area contributed by atoms with E-state index in [1.54, 1.807) is 12.1 Å². The summed E-state index contributed by atoms with van der Waals surface area (Å²) >= 11 is 5.11. The van der Waals surface area contributed by atoms with E-state index in [0.29, 0.717) is 5.75 Å². The molecule has 0 heterocycles. The van der Waals surface area contributed by atoms with E-state index < -0.39 is 6.09 Å². The van der Waals surface area contributed by atoms with Crippen LogP contribution in [0.5, 0.6) is 5.75 Å². The number of rotatable bonds is 3. The van der Waals surface area contributed by atoms with E-state index in [9.17, 15) is 4.79 Å². The van der Waals surface area contributed by atoms with Gasteiger partial charge in [0.2, 0.25) is 0 Å². The van der Waals surface area contributed by atoms with E-state index in [0.717, 1.165) is 22.7 Å². The van der Waals surface area contributed by atoms with Crippen LogP contribution in [0.1, 0.15) is 18.9 Å². The fourth-order valence-electron chi connectivity index (χ4n) is 1.24. The van der Waals surface area contributed by atoms with Gasteiger partial charge in [-0.3, -0.25) is 0 Å². The van der Waals surface area contributed by atoms with Crippen molar-refractivity contribution in [3.8, 4) is 5.75 Å². The molecule has 0 atom stereocenters. The molecular weight excluding hydrogens is 236 g/mol. The van der Waals surface area contributed by atoms with Gasteiger partial charge in [0.15, 0.2) is 0 Å². The van der Waals surface area contributed by atoms with Crippen molar-refractivity contribution in [2.75, 3.05) is 12.4 Å². The Morgan fingerprint density at radius 1 is 1.47 bits per heavy atom. The third-order valence-electron chi connectivity index (χ3n) is 2.21. The average molecular weight is 252 g/mol.